The lowest BCUT2D eigenvalue weighted by atomic mass is 10.0. The fourth-order valence-corrected chi connectivity index (χ4v) is 2.17. The van der Waals surface area contributed by atoms with Crippen molar-refractivity contribution in [2.45, 2.75) is 32.7 Å². The molecule has 1 aromatic carbocycles. The molecular formula is C16H26ClNO2. The molecule has 0 bridgehead atoms. The number of aryl methyl sites for hydroxylation is 1. The maximum absolute atomic E-state index is 6.22. The van der Waals surface area contributed by atoms with Crippen molar-refractivity contribution in [2.24, 2.45) is 0 Å². The van der Waals surface area contributed by atoms with Crippen molar-refractivity contribution >= 4 is 11.6 Å². The first kappa shape index (κ1) is 17.4. The molecule has 0 saturated carbocycles. The molecule has 0 aliphatic heterocycles. The van der Waals surface area contributed by atoms with Gasteiger partial charge in [-0.05, 0) is 43.5 Å². The molecule has 0 amide bonds. The second-order valence-electron chi connectivity index (χ2n) is 4.91. The molecule has 0 aliphatic rings. The van der Waals surface area contributed by atoms with E-state index >= 15 is 0 Å². The summed E-state index contributed by atoms with van der Waals surface area (Å²) in [6, 6.07) is 6.56. The Morgan fingerprint density at radius 3 is 2.70 bits per heavy atom. The van der Waals surface area contributed by atoms with Crippen LogP contribution in [0.3, 0.4) is 0 Å². The number of ether oxygens (including phenoxy) is 2. The van der Waals surface area contributed by atoms with Gasteiger partial charge in [-0.15, -0.1) is 0 Å². The molecule has 1 rings (SSSR count). The van der Waals surface area contributed by atoms with Crippen LogP contribution < -0.4 is 5.32 Å². The Hall–Kier alpha value is -0.610. The SMILES string of the molecule is CCCNC(CCOCCOC)c1ccc(C)c(Cl)c1. The molecule has 20 heavy (non-hydrogen) atoms. The molecule has 1 N–H and O–H groups in total. The minimum atomic E-state index is 0.288. The molecule has 0 saturated heterocycles. The number of hydrogen-bond donors (Lipinski definition) is 1. The monoisotopic (exact) mass is 299 g/mol. The zero-order valence-electron chi connectivity index (χ0n) is 12.7. The molecule has 114 valence electrons. The van der Waals surface area contributed by atoms with Gasteiger partial charge in [-0.3, -0.25) is 0 Å². The minimum Gasteiger partial charge on any atom is -0.382 e. The highest BCUT2D eigenvalue weighted by Gasteiger charge is 2.11. The van der Waals surface area contributed by atoms with Crippen LogP contribution in [0.1, 0.15) is 36.9 Å². The van der Waals surface area contributed by atoms with Crippen molar-refractivity contribution in [1.29, 1.82) is 0 Å². The highest BCUT2D eigenvalue weighted by molar-refractivity contribution is 6.31. The van der Waals surface area contributed by atoms with Crippen LogP contribution in [0, 0.1) is 6.92 Å². The number of nitrogens with one attached hydrogen (secondary N) is 1. The highest BCUT2D eigenvalue weighted by atomic mass is 35.5. The van der Waals surface area contributed by atoms with Crippen LogP contribution in [-0.2, 0) is 9.47 Å². The molecule has 0 aliphatic carbocycles. The topological polar surface area (TPSA) is 30.5 Å². The van der Waals surface area contributed by atoms with E-state index in [1.54, 1.807) is 7.11 Å². The maximum Gasteiger partial charge on any atom is 0.0700 e. The third-order valence-electron chi connectivity index (χ3n) is 3.22. The summed E-state index contributed by atoms with van der Waals surface area (Å²) >= 11 is 6.22. The Morgan fingerprint density at radius 1 is 1.25 bits per heavy atom. The smallest absolute Gasteiger partial charge is 0.0700 e. The lowest BCUT2D eigenvalue weighted by molar-refractivity contribution is 0.0658. The van der Waals surface area contributed by atoms with Crippen molar-refractivity contribution in [3.8, 4) is 0 Å². The van der Waals surface area contributed by atoms with E-state index < -0.39 is 0 Å². The van der Waals surface area contributed by atoms with E-state index in [9.17, 15) is 0 Å². The molecule has 0 heterocycles. The zero-order valence-corrected chi connectivity index (χ0v) is 13.5. The van der Waals surface area contributed by atoms with Crippen LogP contribution >= 0.6 is 11.6 Å². The van der Waals surface area contributed by atoms with E-state index in [0.717, 1.165) is 36.6 Å². The summed E-state index contributed by atoms with van der Waals surface area (Å²) in [6.07, 6.45) is 2.05. The maximum atomic E-state index is 6.22. The second-order valence-corrected chi connectivity index (χ2v) is 5.32. The van der Waals surface area contributed by atoms with Gasteiger partial charge in [0.1, 0.15) is 0 Å². The van der Waals surface area contributed by atoms with Gasteiger partial charge < -0.3 is 14.8 Å². The van der Waals surface area contributed by atoms with Crippen LogP contribution in [-0.4, -0.2) is 33.5 Å². The molecule has 0 spiro atoms. The summed E-state index contributed by atoms with van der Waals surface area (Å²) in [5.74, 6) is 0. The van der Waals surface area contributed by atoms with E-state index in [1.807, 2.05) is 6.92 Å². The average Bonchev–Trinajstić information content (AvgIpc) is 2.45. The van der Waals surface area contributed by atoms with Gasteiger partial charge in [0.15, 0.2) is 0 Å². The van der Waals surface area contributed by atoms with Crippen LogP contribution in [0.5, 0.6) is 0 Å². The largest absolute Gasteiger partial charge is 0.382 e. The summed E-state index contributed by atoms with van der Waals surface area (Å²) in [7, 11) is 1.68. The summed E-state index contributed by atoms with van der Waals surface area (Å²) in [5, 5.41) is 4.38. The first-order valence-electron chi connectivity index (χ1n) is 7.25. The van der Waals surface area contributed by atoms with E-state index in [0.29, 0.717) is 13.2 Å². The third kappa shape index (κ3) is 6.23. The third-order valence-corrected chi connectivity index (χ3v) is 3.63. The van der Waals surface area contributed by atoms with Crippen molar-refractivity contribution in [1.82, 2.24) is 5.32 Å². The molecule has 4 heteroatoms. The number of halogens is 1. The number of rotatable bonds is 10. The van der Waals surface area contributed by atoms with E-state index in [4.69, 9.17) is 21.1 Å². The van der Waals surface area contributed by atoms with Gasteiger partial charge in [-0.2, -0.15) is 0 Å². The Morgan fingerprint density at radius 2 is 2.05 bits per heavy atom. The summed E-state index contributed by atoms with van der Waals surface area (Å²) in [5.41, 5.74) is 2.34. The molecule has 1 atom stereocenters. The second kappa shape index (κ2) is 10.2. The quantitative estimate of drug-likeness (QED) is 0.668. The number of benzene rings is 1. The van der Waals surface area contributed by atoms with Gasteiger partial charge in [0.05, 0.1) is 13.2 Å². The highest BCUT2D eigenvalue weighted by Crippen LogP contribution is 2.23. The van der Waals surface area contributed by atoms with Gasteiger partial charge in [0, 0.05) is 24.8 Å². The predicted molar refractivity (Wildman–Crippen MR) is 84.5 cm³/mol. The fraction of sp³-hybridized carbons (Fsp3) is 0.625. The summed E-state index contributed by atoms with van der Waals surface area (Å²) < 4.78 is 10.5. The van der Waals surface area contributed by atoms with Crippen molar-refractivity contribution in [3.63, 3.8) is 0 Å². The van der Waals surface area contributed by atoms with Gasteiger partial charge >= 0.3 is 0 Å². The predicted octanol–water partition coefficient (Wildman–Crippen LogP) is 3.74. The summed E-state index contributed by atoms with van der Waals surface area (Å²) in [4.78, 5) is 0. The molecule has 1 unspecified atom stereocenters. The van der Waals surface area contributed by atoms with Crippen LogP contribution in [0.4, 0.5) is 0 Å². The van der Waals surface area contributed by atoms with Gasteiger partial charge in [0.25, 0.3) is 0 Å². The van der Waals surface area contributed by atoms with Crippen molar-refractivity contribution < 1.29 is 9.47 Å². The first-order valence-corrected chi connectivity index (χ1v) is 7.63. The lowest BCUT2D eigenvalue weighted by Gasteiger charge is -2.19. The van der Waals surface area contributed by atoms with Crippen LogP contribution in [0.25, 0.3) is 0 Å². The van der Waals surface area contributed by atoms with Crippen LogP contribution in [0.15, 0.2) is 18.2 Å². The Labute approximate surface area is 127 Å². The van der Waals surface area contributed by atoms with Crippen LogP contribution in [0.2, 0.25) is 5.02 Å². The normalized spacial score (nSPS) is 12.6. The average molecular weight is 300 g/mol. The summed E-state index contributed by atoms with van der Waals surface area (Å²) in [6.45, 7) is 7.19. The molecule has 0 aromatic heterocycles. The molecule has 0 fully saturated rings. The van der Waals surface area contributed by atoms with Gasteiger partial charge in [-0.1, -0.05) is 30.7 Å². The molecule has 1 aromatic rings. The standard InChI is InChI=1S/C16H26ClNO2/c1-4-8-18-16(7-9-20-11-10-19-3)14-6-5-13(2)15(17)12-14/h5-6,12,16,18H,4,7-11H2,1-3H3. The Bertz CT molecular complexity index is 385. The number of methoxy groups -OCH3 is 1. The van der Waals surface area contributed by atoms with E-state index in [2.05, 4.69) is 30.4 Å². The first-order chi connectivity index (χ1) is 9.69. The molecular weight excluding hydrogens is 274 g/mol. The van der Waals surface area contributed by atoms with Crippen molar-refractivity contribution in [3.05, 3.63) is 34.3 Å². The molecule has 3 nitrogen and oxygen atoms in total. The number of hydrogen-bond acceptors (Lipinski definition) is 3. The van der Waals surface area contributed by atoms with Gasteiger partial charge in [-0.25, -0.2) is 0 Å². The van der Waals surface area contributed by atoms with E-state index in [1.165, 1.54) is 5.56 Å². The minimum absolute atomic E-state index is 0.288. The Balaban J connectivity index is 2.55. The van der Waals surface area contributed by atoms with Gasteiger partial charge in [0.2, 0.25) is 0 Å². The Kier molecular flexibility index (Phi) is 8.86. The fourth-order valence-electron chi connectivity index (χ4n) is 1.98. The molecule has 0 radical (unpaired) electrons. The van der Waals surface area contributed by atoms with Crippen molar-refractivity contribution in [2.75, 3.05) is 33.5 Å². The lowest BCUT2D eigenvalue weighted by Crippen LogP contribution is -2.23. The van der Waals surface area contributed by atoms with E-state index in [-0.39, 0.29) is 6.04 Å². The zero-order chi connectivity index (χ0) is 14.8.